The Labute approximate surface area is 249 Å². The normalized spacial score (nSPS) is 27.3. The minimum Gasteiger partial charge on any atom is -0.507 e. The molecule has 2 aromatic rings. The molecule has 0 bridgehead atoms. The van der Waals surface area contributed by atoms with Crippen LogP contribution in [0.1, 0.15) is 68.8 Å². The van der Waals surface area contributed by atoms with E-state index >= 15 is 0 Å². The fraction of sp³-hybridized carbons (Fsp3) is 0.429. The lowest BCUT2D eigenvalue weighted by atomic mass is 9.72. The van der Waals surface area contributed by atoms with E-state index in [4.69, 9.17) is 19.3 Å². The van der Waals surface area contributed by atoms with Gasteiger partial charge in [0, 0.05) is 36.0 Å². The molecule has 16 heteroatoms. The third-order valence-electron chi connectivity index (χ3n) is 8.06. The third-order valence-corrected chi connectivity index (χ3v) is 8.06. The van der Waals surface area contributed by atoms with Gasteiger partial charge in [-0.3, -0.25) is 14.4 Å². The number of ether oxygens (including phenoxy) is 3. The molecule has 0 aromatic heterocycles. The van der Waals surface area contributed by atoms with Gasteiger partial charge in [0.1, 0.15) is 29.5 Å². The van der Waals surface area contributed by atoms with Gasteiger partial charge in [-0.15, -0.1) is 5.48 Å². The molecule has 0 saturated carbocycles. The first-order chi connectivity index (χ1) is 20.3. The number of fused-ring (bicyclic) bond motifs is 3. The number of ketones is 3. The number of carbonyl (C=O) groups is 4. The number of Topliss-reactive ketones (excluding diaryl/α,β-unsaturated/α-hetero) is 1. The van der Waals surface area contributed by atoms with Crippen LogP contribution < -0.4 is 16.4 Å². The van der Waals surface area contributed by atoms with E-state index in [1.165, 1.54) is 32.2 Å². The summed E-state index contributed by atoms with van der Waals surface area (Å²) in [7, 11) is 1.29. The van der Waals surface area contributed by atoms with Crippen LogP contribution in [0.3, 0.4) is 0 Å². The van der Waals surface area contributed by atoms with Crippen molar-refractivity contribution in [2.75, 3.05) is 13.7 Å². The van der Waals surface area contributed by atoms with E-state index in [9.17, 15) is 44.7 Å². The Morgan fingerprint density at radius 3 is 2.43 bits per heavy atom. The average Bonchev–Trinajstić information content (AvgIpc) is 2.97. The summed E-state index contributed by atoms with van der Waals surface area (Å²) >= 11 is 0. The molecule has 4 unspecified atom stereocenters. The highest BCUT2D eigenvalue weighted by molar-refractivity contribution is 6.31. The summed E-state index contributed by atoms with van der Waals surface area (Å²) < 4.78 is 17.0. The number of hydrogen-bond acceptors (Lipinski definition) is 15. The molecule has 1 heterocycles. The second kappa shape index (κ2) is 12.1. The summed E-state index contributed by atoms with van der Waals surface area (Å²) in [6.45, 7) is 0.382. The van der Waals surface area contributed by atoms with Crippen molar-refractivity contribution in [1.82, 2.24) is 11.6 Å². The zero-order chi connectivity index (χ0) is 31.4. The van der Waals surface area contributed by atoms with Crippen molar-refractivity contribution >= 4 is 23.5 Å². The highest BCUT2D eigenvalue weighted by Gasteiger charge is 2.50. The molecule has 1 saturated heterocycles. The molecule has 10 N–H and O–H groups in total. The minimum absolute atomic E-state index is 0. The molecular weight excluding hydrogens is 588 g/mol. The van der Waals surface area contributed by atoms with Gasteiger partial charge in [-0.25, -0.2) is 4.79 Å². The predicted octanol–water partition coefficient (Wildman–Crippen LogP) is 0.404. The van der Waals surface area contributed by atoms with Crippen molar-refractivity contribution in [2.24, 2.45) is 0 Å². The third kappa shape index (κ3) is 5.26. The van der Waals surface area contributed by atoms with Crippen LogP contribution in [0.5, 0.6) is 17.2 Å². The Hall–Kier alpha value is -4.16. The van der Waals surface area contributed by atoms with Gasteiger partial charge >= 0.3 is 6.16 Å². The smallest absolute Gasteiger partial charge is 0.507 e. The second-order valence-corrected chi connectivity index (χ2v) is 10.6. The maximum absolute atomic E-state index is 13.7. The number of aromatic hydroxyl groups is 2. The first-order valence-electron chi connectivity index (χ1n) is 13.2. The zero-order valence-electron chi connectivity index (χ0n) is 23.6. The van der Waals surface area contributed by atoms with Crippen LogP contribution in [0.2, 0.25) is 0 Å². The van der Waals surface area contributed by atoms with Gasteiger partial charge in [0.05, 0.1) is 48.2 Å². The summed E-state index contributed by atoms with van der Waals surface area (Å²) in [5.74, 6) is -4.14. The van der Waals surface area contributed by atoms with Gasteiger partial charge < -0.3 is 55.8 Å². The zero-order valence-corrected chi connectivity index (χ0v) is 23.6. The number of phenols is 2. The first kappa shape index (κ1) is 32.7. The van der Waals surface area contributed by atoms with E-state index in [-0.39, 0.29) is 40.6 Å². The maximum Gasteiger partial charge on any atom is 0.525 e. The van der Waals surface area contributed by atoms with Crippen molar-refractivity contribution in [1.29, 1.82) is 0 Å². The van der Waals surface area contributed by atoms with Crippen LogP contribution >= 0.6 is 0 Å². The molecule has 16 nitrogen and oxygen atoms in total. The molecule has 0 radical (unpaired) electrons. The van der Waals surface area contributed by atoms with Crippen molar-refractivity contribution < 1.29 is 68.9 Å². The Balaban J connectivity index is 0.00000442. The van der Waals surface area contributed by atoms with E-state index in [0.29, 0.717) is 0 Å². The lowest BCUT2D eigenvalue weighted by molar-refractivity contribution is -0.255. The molecule has 44 heavy (non-hydrogen) atoms. The summed E-state index contributed by atoms with van der Waals surface area (Å²) in [6.07, 6.45) is -8.04. The number of carboxylic acid groups (broad SMARTS) is 1. The van der Waals surface area contributed by atoms with Crippen LogP contribution in [0.15, 0.2) is 18.2 Å². The second-order valence-electron chi connectivity index (χ2n) is 10.6. The molecule has 2 aliphatic carbocycles. The summed E-state index contributed by atoms with van der Waals surface area (Å²) in [6, 6.07) is 3.24. The predicted molar refractivity (Wildman–Crippen MR) is 145 cm³/mol. The van der Waals surface area contributed by atoms with E-state index in [2.05, 4.69) is 10.3 Å². The molecular formula is C28H32N2O14. The molecule has 1 fully saturated rings. The Kier molecular flexibility index (Phi) is 8.99. The highest BCUT2D eigenvalue weighted by atomic mass is 16.8. The lowest BCUT2D eigenvalue weighted by Gasteiger charge is -2.42. The maximum atomic E-state index is 13.7. The van der Waals surface area contributed by atoms with Crippen LogP contribution in [-0.2, 0) is 25.5 Å². The molecule has 5 rings (SSSR count). The number of methoxy groups -OCH3 is 1. The quantitative estimate of drug-likeness (QED) is 0.131. The monoisotopic (exact) mass is 620 g/mol. The number of phenolic OH excluding ortho intramolecular Hbond substituents is 2. The number of nitrogens with one attached hydrogen (secondary N) is 1. The Morgan fingerprint density at radius 2 is 1.80 bits per heavy atom. The number of carbonyl (C=O) groups excluding carboxylic acids is 3. The molecule has 238 valence electrons. The largest absolute Gasteiger partial charge is 0.525 e. The fourth-order valence-corrected chi connectivity index (χ4v) is 5.96. The highest BCUT2D eigenvalue weighted by Crippen LogP contribution is 2.52. The van der Waals surface area contributed by atoms with Gasteiger partial charge in [0.15, 0.2) is 17.9 Å². The van der Waals surface area contributed by atoms with E-state index in [1.807, 2.05) is 0 Å². The van der Waals surface area contributed by atoms with E-state index in [1.54, 1.807) is 0 Å². The number of hydroxylamine groups is 1. The number of benzene rings is 2. The van der Waals surface area contributed by atoms with Crippen molar-refractivity contribution in [3.8, 4) is 17.2 Å². The van der Waals surface area contributed by atoms with Gasteiger partial charge in [-0.05, 0) is 13.0 Å². The van der Waals surface area contributed by atoms with Gasteiger partial charge in [-0.2, -0.15) is 0 Å². The van der Waals surface area contributed by atoms with Crippen molar-refractivity contribution in [3.05, 3.63) is 51.6 Å². The van der Waals surface area contributed by atoms with Crippen molar-refractivity contribution in [2.45, 2.75) is 62.4 Å². The molecule has 0 amide bonds. The summed E-state index contributed by atoms with van der Waals surface area (Å²) in [5, 5.41) is 63.1. The number of hydrogen-bond donors (Lipinski definition) is 8. The first-order valence-corrected chi connectivity index (χ1v) is 13.2. The molecule has 0 spiro atoms. The molecule has 2 aromatic carbocycles. The number of rotatable bonds is 7. The van der Waals surface area contributed by atoms with Crippen LogP contribution in [0.4, 0.5) is 4.79 Å². The SMILES string of the molecule is COc1cccc2c1C(=O)c1c(O)c3c(c(O)c1C2=O)C[C@@](O)(C(=O)CO)C[C@@H]3OC1CC(NOC(=O)O)C(O)C(C)O1.N. The van der Waals surface area contributed by atoms with Gasteiger partial charge in [0.2, 0.25) is 5.78 Å². The minimum atomic E-state index is -2.34. The topological polar surface area (TPSA) is 274 Å². The van der Waals surface area contributed by atoms with Crippen molar-refractivity contribution in [3.63, 3.8) is 0 Å². The fourth-order valence-electron chi connectivity index (χ4n) is 5.96. The van der Waals surface area contributed by atoms with Gasteiger partial charge in [-0.1, -0.05) is 12.1 Å². The lowest BCUT2D eigenvalue weighted by Crippen LogP contribution is -2.54. The average molecular weight is 621 g/mol. The van der Waals surface area contributed by atoms with Crippen LogP contribution in [-0.4, -0.2) is 98.0 Å². The molecule has 6 atom stereocenters. The Bertz CT molecular complexity index is 1530. The summed E-state index contributed by atoms with van der Waals surface area (Å²) in [4.78, 5) is 55.2. The van der Waals surface area contributed by atoms with E-state index in [0.717, 1.165) is 0 Å². The Morgan fingerprint density at radius 1 is 1.11 bits per heavy atom. The molecule has 3 aliphatic rings. The standard InChI is InChI=1S/C28H29NO14.H3N/c1-10-22(32)13(29-43-27(37)38)6-17(41-10)42-15-8-28(39,16(31)9-30)7-12-19(15)26(36)21-20(24(12)34)23(33)11-4-3-5-14(40-2)18(11)25(21)35;/h3-5,10,13,15,17,22,29-30,32,34,36,39H,6-9H2,1-2H3,(H,37,38);1H3/t10?,13?,15-,17?,22?,28-;/m0./s1. The molecule has 1 aliphatic heterocycles. The van der Waals surface area contributed by atoms with Gasteiger partial charge in [0.25, 0.3) is 0 Å². The number of aliphatic hydroxyl groups excluding tert-OH is 2. The van der Waals surface area contributed by atoms with E-state index < -0.39 is 102 Å². The van der Waals surface area contributed by atoms with Crippen LogP contribution in [0.25, 0.3) is 0 Å². The summed E-state index contributed by atoms with van der Waals surface area (Å²) in [5.41, 5.74) is -1.92. The van der Waals surface area contributed by atoms with Crippen LogP contribution in [0, 0.1) is 0 Å². The number of aliphatic hydroxyl groups is 3.